The zero-order valence-corrected chi connectivity index (χ0v) is 22.0. The average molecular weight is 553 g/mol. The summed E-state index contributed by atoms with van der Waals surface area (Å²) >= 11 is 0. The summed E-state index contributed by atoms with van der Waals surface area (Å²) in [5.74, 6) is -7.33. The number of rotatable bonds is 9. The van der Waals surface area contributed by atoms with Gasteiger partial charge in [-0.25, -0.2) is 9.59 Å². The molecule has 0 aliphatic carbocycles. The van der Waals surface area contributed by atoms with E-state index in [1.54, 1.807) is 36.4 Å². The number of benzene rings is 4. The zero-order chi connectivity index (χ0) is 29.7. The van der Waals surface area contributed by atoms with Crippen molar-refractivity contribution in [3.8, 4) is 17.2 Å². The molecule has 0 amide bonds. The topological polar surface area (TPSA) is 144 Å². The fourth-order valence-corrected chi connectivity index (χ4v) is 4.11. The predicted octanol–water partition coefficient (Wildman–Crippen LogP) is 5.16. The Morgan fingerprint density at radius 3 is 1.61 bits per heavy atom. The Balaban J connectivity index is 2.04. The summed E-state index contributed by atoms with van der Waals surface area (Å²) in [6.07, 6.45) is 0. The van der Waals surface area contributed by atoms with Crippen LogP contribution in [0.2, 0.25) is 0 Å². The fraction of sp³-hybridized carbons (Fsp3) is 0.0938. The van der Waals surface area contributed by atoms with Gasteiger partial charge in [-0.05, 0) is 26.0 Å². The Morgan fingerprint density at radius 2 is 1.07 bits per heavy atom. The zero-order valence-electron chi connectivity index (χ0n) is 22.0. The Bertz CT molecular complexity index is 1660. The van der Waals surface area contributed by atoms with Crippen LogP contribution in [0.15, 0.2) is 84.9 Å². The monoisotopic (exact) mass is 552 g/mol. The van der Waals surface area contributed by atoms with Crippen LogP contribution in [0.25, 0.3) is 0 Å². The van der Waals surface area contributed by atoms with Gasteiger partial charge in [-0.3, -0.25) is 14.4 Å². The predicted molar refractivity (Wildman–Crippen MR) is 147 cm³/mol. The van der Waals surface area contributed by atoms with Crippen molar-refractivity contribution in [3.63, 3.8) is 0 Å². The van der Waals surface area contributed by atoms with Crippen molar-refractivity contribution >= 4 is 29.3 Å². The Kier molecular flexibility index (Phi) is 8.38. The number of carbonyl (C=O) groups excluding carboxylic acids is 5. The van der Waals surface area contributed by atoms with Crippen LogP contribution in [0.3, 0.4) is 0 Å². The molecule has 2 N–H and O–H groups in total. The number of phenols is 2. The summed E-state index contributed by atoms with van der Waals surface area (Å²) in [6.45, 7) is 2.67. The standard InChI is InChI=1S/C32H24O9/c1-3-40-32(39)23-24(26(34)20-10-6-4-7-11-20)28(36)29(37)30(41-31(38)22-12-8-5-9-13-22)25(23)27(35)21-16-14-19(15-17-21)18(2)33/h4-17,36-37H,3H2,1-2H3. The average Bonchev–Trinajstić information content (AvgIpc) is 2.99. The quantitative estimate of drug-likeness (QED) is 0.124. The van der Waals surface area contributed by atoms with Crippen LogP contribution in [-0.4, -0.2) is 46.1 Å². The van der Waals surface area contributed by atoms with Gasteiger partial charge in [0.15, 0.2) is 28.8 Å². The van der Waals surface area contributed by atoms with Crippen molar-refractivity contribution in [1.29, 1.82) is 0 Å². The summed E-state index contributed by atoms with van der Waals surface area (Å²) in [5.41, 5.74) is -1.79. The van der Waals surface area contributed by atoms with Crippen LogP contribution in [0, 0.1) is 0 Å². The van der Waals surface area contributed by atoms with Crippen LogP contribution in [0.5, 0.6) is 17.2 Å². The van der Waals surface area contributed by atoms with Crippen LogP contribution in [0.1, 0.15) is 76.8 Å². The molecular formula is C32H24O9. The fourth-order valence-electron chi connectivity index (χ4n) is 4.11. The number of ketones is 3. The van der Waals surface area contributed by atoms with E-state index in [9.17, 15) is 34.2 Å². The summed E-state index contributed by atoms with van der Waals surface area (Å²) in [6, 6.07) is 20.6. The van der Waals surface area contributed by atoms with Crippen molar-refractivity contribution < 1.29 is 43.7 Å². The van der Waals surface area contributed by atoms with E-state index in [-0.39, 0.29) is 29.1 Å². The van der Waals surface area contributed by atoms with Gasteiger partial charge in [0, 0.05) is 16.7 Å². The molecule has 0 aliphatic heterocycles. The van der Waals surface area contributed by atoms with Gasteiger partial charge >= 0.3 is 11.9 Å². The lowest BCUT2D eigenvalue weighted by Crippen LogP contribution is -2.21. The maximum absolute atomic E-state index is 14.0. The molecule has 0 heterocycles. The third-order valence-electron chi connectivity index (χ3n) is 6.13. The SMILES string of the molecule is CCOC(=O)c1c(C(=O)c2ccccc2)c(O)c(O)c(OC(=O)c2ccccc2)c1C(=O)c1ccc(C(C)=O)cc1. The first-order valence-electron chi connectivity index (χ1n) is 12.5. The molecule has 41 heavy (non-hydrogen) atoms. The molecule has 9 heteroatoms. The van der Waals surface area contributed by atoms with E-state index < -0.39 is 57.4 Å². The second kappa shape index (κ2) is 12.1. The van der Waals surface area contributed by atoms with Crippen LogP contribution in [0.4, 0.5) is 0 Å². The third kappa shape index (κ3) is 5.74. The summed E-state index contributed by atoms with van der Waals surface area (Å²) in [7, 11) is 0. The number of ether oxygens (including phenoxy) is 2. The highest BCUT2D eigenvalue weighted by molar-refractivity contribution is 6.24. The second-order valence-corrected chi connectivity index (χ2v) is 8.79. The second-order valence-electron chi connectivity index (χ2n) is 8.79. The van der Waals surface area contributed by atoms with Crippen molar-refractivity contribution in [1.82, 2.24) is 0 Å². The van der Waals surface area contributed by atoms with E-state index in [4.69, 9.17) is 9.47 Å². The minimum atomic E-state index is -1.18. The normalized spacial score (nSPS) is 10.5. The van der Waals surface area contributed by atoms with Gasteiger partial charge in [-0.15, -0.1) is 0 Å². The van der Waals surface area contributed by atoms with Gasteiger partial charge in [-0.2, -0.15) is 0 Å². The highest BCUT2D eigenvalue weighted by Gasteiger charge is 2.37. The molecule has 4 aromatic carbocycles. The van der Waals surface area contributed by atoms with Crippen molar-refractivity contribution in [2.75, 3.05) is 6.61 Å². The highest BCUT2D eigenvalue weighted by Crippen LogP contribution is 2.46. The first-order chi connectivity index (χ1) is 19.6. The number of hydrogen-bond donors (Lipinski definition) is 2. The van der Waals surface area contributed by atoms with Gasteiger partial charge < -0.3 is 19.7 Å². The minimum absolute atomic E-state index is 0.0333. The van der Waals surface area contributed by atoms with Gasteiger partial charge in [-0.1, -0.05) is 72.8 Å². The van der Waals surface area contributed by atoms with Gasteiger partial charge in [0.05, 0.1) is 28.9 Å². The van der Waals surface area contributed by atoms with E-state index in [2.05, 4.69) is 0 Å². The van der Waals surface area contributed by atoms with Crippen LogP contribution < -0.4 is 4.74 Å². The Labute approximate surface area is 234 Å². The number of hydrogen-bond acceptors (Lipinski definition) is 9. The summed E-state index contributed by atoms with van der Waals surface area (Å²) in [5, 5.41) is 22.1. The van der Waals surface area contributed by atoms with Crippen molar-refractivity contribution in [3.05, 3.63) is 124 Å². The Morgan fingerprint density at radius 1 is 0.585 bits per heavy atom. The molecule has 0 spiro atoms. The van der Waals surface area contributed by atoms with Crippen LogP contribution >= 0.6 is 0 Å². The van der Waals surface area contributed by atoms with E-state index in [1.165, 1.54) is 62.4 Å². The Hall–Kier alpha value is -5.57. The van der Waals surface area contributed by atoms with Gasteiger partial charge in [0.25, 0.3) is 0 Å². The van der Waals surface area contributed by atoms with Crippen LogP contribution in [-0.2, 0) is 4.74 Å². The third-order valence-corrected chi connectivity index (χ3v) is 6.13. The van der Waals surface area contributed by atoms with E-state index in [1.807, 2.05) is 0 Å². The molecule has 4 aromatic rings. The molecule has 0 radical (unpaired) electrons. The molecule has 9 nitrogen and oxygen atoms in total. The number of Topliss-reactive ketones (excluding diaryl/α,β-unsaturated/α-hetero) is 1. The molecule has 0 saturated carbocycles. The van der Waals surface area contributed by atoms with Crippen molar-refractivity contribution in [2.24, 2.45) is 0 Å². The maximum Gasteiger partial charge on any atom is 0.343 e. The summed E-state index contributed by atoms with van der Waals surface area (Å²) < 4.78 is 10.6. The van der Waals surface area contributed by atoms with E-state index in [0.29, 0.717) is 5.56 Å². The molecular weight excluding hydrogens is 528 g/mol. The van der Waals surface area contributed by atoms with Gasteiger partial charge in [0.2, 0.25) is 5.75 Å². The number of aromatic hydroxyl groups is 2. The number of carbonyl (C=O) groups is 5. The number of phenolic OH excluding ortho intramolecular Hbond substituents is 2. The highest BCUT2D eigenvalue weighted by atomic mass is 16.5. The first-order valence-corrected chi connectivity index (χ1v) is 12.5. The molecule has 0 aliphatic rings. The minimum Gasteiger partial charge on any atom is -0.504 e. The molecule has 0 atom stereocenters. The largest absolute Gasteiger partial charge is 0.504 e. The molecule has 0 saturated heterocycles. The van der Waals surface area contributed by atoms with Crippen molar-refractivity contribution in [2.45, 2.75) is 13.8 Å². The van der Waals surface area contributed by atoms with Gasteiger partial charge in [0.1, 0.15) is 0 Å². The lowest BCUT2D eigenvalue weighted by Gasteiger charge is -2.20. The number of esters is 2. The smallest absolute Gasteiger partial charge is 0.343 e. The molecule has 0 fully saturated rings. The molecule has 0 bridgehead atoms. The molecule has 4 rings (SSSR count). The maximum atomic E-state index is 14.0. The lowest BCUT2D eigenvalue weighted by atomic mass is 9.88. The van der Waals surface area contributed by atoms with E-state index >= 15 is 0 Å². The molecule has 0 aromatic heterocycles. The first kappa shape index (κ1) is 28.4. The molecule has 0 unspecified atom stereocenters. The lowest BCUT2D eigenvalue weighted by molar-refractivity contribution is 0.0517. The van der Waals surface area contributed by atoms with E-state index in [0.717, 1.165) is 0 Å². The molecule has 206 valence electrons. The summed E-state index contributed by atoms with van der Waals surface area (Å²) in [4.78, 5) is 65.7.